The van der Waals surface area contributed by atoms with Gasteiger partial charge in [0, 0.05) is 5.02 Å². The molecule has 32 heavy (non-hydrogen) atoms. The van der Waals surface area contributed by atoms with E-state index in [2.05, 4.69) is 17.3 Å². The molecule has 1 saturated heterocycles. The van der Waals surface area contributed by atoms with Crippen molar-refractivity contribution in [1.82, 2.24) is 5.01 Å². The molecule has 1 aliphatic heterocycles. The standard InChI is InChI=1S/C24H20Cl2N2O4/c1-31-19-9-14(8-18(26)22(19)32-12-13-2-6-17(25)7-3-13)11-27-28-23(29)20-15-4-5-16(10-15)21(20)24(28)30/h2-9,11,15-16,20-21H,10,12H2,1H3/b27-11-/t15-,16+,20-,21+. The molecule has 0 aromatic heterocycles. The van der Waals surface area contributed by atoms with Gasteiger partial charge in [-0.3, -0.25) is 9.59 Å². The number of carbonyl (C=O) groups is 2. The Balaban J connectivity index is 1.33. The second kappa shape index (κ2) is 8.26. The number of hydrogen-bond acceptors (Lipinski definition) is 5. The van der Waals surface area contributed by atoms with Gasteiger partial charge in [-0.1, -0.05) is 47.5 Å². The van der Waals surface area contributed by atoms with Gasteiger partial charge >= 0.3 is 0 Å². The Kier molecular flexibility index (Phi) is 5.43. The zero-order chi connectivity index (χ0) is 22.4. The van der Waals surface area contributed by atoms with Crippen LogP contribution in [0.3, 0.4) is 0 Å². The number of halogens is 2. The first-order chi connectivity index (χ1) is 15.5. The van der Waals surface area contributed by atoms with E-state index in [1.807, 2.05) is 12.1 Å². The van der Waals surface area contributed by atoms with E-state index >= 15 is 0 Å². The van der Waals surface area contributed by atoms with Gasteiger partial charge in [0.15, 0.2) is 11.5 Å². The van der Waals surface area contributed by atoms with Gasteiger partial charge in [-0.2, -0.15) is 10.1 Å². The number of amides is 2. The maximum atomic E-state index is 12.8. The Morgan fingerprint density at radius 3 is 2.34 bits per heavy atom. The molecule has 2 aromatic carbocycles. The molecular weight excluding hydrogens is 451 g/mol. The maximum Gasteiger partial charge on any atom is 0.254 e. The van der Waals surface area contributed by atoms with Crippen LogP contribution in [0.2, 0.25) is 10.0 Å². The average molecular weight is 471 g/mol. The van der Waals surface area contributed by atoms with E-state index in [0.29, 0.717) is 27.1 Å². The lowest BCUT2D eigenvalue weighted by molar-refractivity contribution is -0.140. The van der Waals surface area contributed by atoms with Crippen LogP contribution in [-0.2, 0) is 16.2 Å². The largest absolute Gasteiger partial charge is 0.493 e. The SMILES string of the molecule is COc1cc(/C=N\N2C(=O)[C@@H]3[C@H](C2=O)[C@@H]2C=C[C@H]3C2)cc(Cl)c1OCc1ccc(Cl)cc1. The first-order valence-electron chi connectivity index (χ1n) is 10.3. The van der Waals surface area contributed by atoms with Crippen LogP contribution in [0.25, 0.3) is 0 Å². The van der Waals surface area contributed by atoms with Crippen molar-refractivity contribution in [2.24, 2.45) is 28.8 Å². The predicted octanol–water partition coefficient (Wildman–Crippen LogP) is 4.72. The number of methoxy groups -OCH3 is 1. The van der Waals surface area contributed by atoms with E-state index in [4.69, 9.17) is 32.7 Å². The van der Waals surface area contributed by atoms with Crippen molar-refractivity contribution in [3.05, 3.63) is 69.7 Å². The molecule has 2 fully saturated rings. The first-order valence-corrected chi connectivity index (χ1v) is 11.1. The molecule has 4 atom stereocenters. The van der Waals surface area contributed by atoms with Crippen molar-refractivity contribution in [1.29, 1.82) is 0 Å². The minimum atomic E-state index is -0.281. The van der Waals surface area contributed by atoms with Crippen molar-refractivity contribution >= 4 is 41.2 Å². The summed E-state index contributed by atoms with van der Waals surface area (Å²) < 4.78 is 11.3. The summed E-state index contributed by atoms with van der Waals surface area (Å²) >= 11 is 12.4. The minimum Gasteiger partial charge on any atom is -0.493 e. The number of imide groups is 1. The molecule has 8 heteroatoms. The van der Waals surface area contributed by atoms with Crippen LogP contribution in [0.15, 0.2) is 53.7 Å². The number of ether oxygens (including phenoxy) is 2. The Bertz CT molecular complexity index is 1120. The number of fused-ring (bicyclic) bond motifs is 5. The zero-order valence-electron chi connectivity index (χ0n) is 17.2. The highest BCUT2D eigenvalue weighted by Gasteiger charge is 2.59. The highest BCUT2D eigenvalue weighted by molar-refractivity contribution is 6.32. The second-order valence-corrected chi connectivity index (χ2v) is 9.03. The third-order valence-corrected chi connectivity index (χ3v) is 6.85. The topological polar surface area (TPSA) is 68.2 Å². The summed E-state index contributed by atoms with van der Waals surface area (Å²) in [5.41, 5.74) is 1.52. The molecule has 0 N–H and O–H groups in total. The summed E-state index contributed by atoms with van der Waals surface area (Å²) in [4.78, 5) is 25.5. The van der Waals surface area contributed by atoms with Gasteiger partial charge < -0.3 is 9.47 Å². The number of allylic oxidation sites excluding steroid dienone is 2. The summed E-state index contributed by atoms with van der Waals surface area (Å²) in [6.45, 7) is 0.288. The quantitative estimate of drug-likeness (QED) is 0.347. The fourth-order valence-electron chi connectivity index (χ4n) is 4.82. The summed E-state index contributed by atoms with van der Waals surface area (Å²) in [6, 6.07) is 10.7. The third-order valence-electron chi connectivity index (χ3n) is 6.32. The number of hydrazone groups is 1. The molecule has 2 aliphatic carbocycles. The zero-order valence-corrected chi connectivity index (χ0v) is 18.7. The van der Waals surface area contributed by atoms with Gasteiger partial charge in [0.2, 0.25) is 0 Å². The number of hydrogen-bond donors (Lipinski definition) is 0. The van der Waals surface area contributed by atoms with E-state index in [0.717, 1.165) is 17.0 Å². The Morgan fingerprint density at radius 2 is 1.72 bits per heavy atom. The molecule has 0 spiro atoms. The van der Waals surface area contributed by atoms with E-state index in [9.17, 15) is 9.59 Å². The van der Waals surface area contributed by atoms with E-state index in [1.54, 1.807) is 24.3 Å². The molecule has 0 radical (unpaired) electrons. The number of carbonyl (C=O) groups excluding carboxylic acids is 2. The second-order valence-electron chi connectivity index (χ2n) is 8.18. The van der Waals surface area contributed by atoms with E-state index in [-0.39, 0.29) is 42.1 Å². The van der Waals surface area contributed by atoms with E-state index in [1.165, 1.54) is 13.3 Å². The van der Waals surface area contributed by atoms with Crippen molar-refractivity contribution in [2.75, 3.05) is 7.11 Å². The monoisotopic (exact) mass is 470 g/mol. The number of rotatable bonds is 6. The highest BCUT2D eigenvalue weighted by atomic mass is 35.5. The van der Waals surface area contributed by atoms with Crippen LogP contribution in [-0.4, -0.2) is 30.1 Å². The van der Waals surface area contributed by atoms with Gasteiger partial charge in [-0.25, -0.2) is 0 Å². The molecule has 0 unspecified atom stereocenters. The van der Waals surface area contributed by atoms with E-state index < -0.39 is 0 Å². The van der Waals surface area contributed by atoms with Crippen LogP contribution in [0.5, 0.6) is 11.5 Å². The Labute approximate surface area is 195 Å². The van der Waals surface area contributed by atoms with Crippen LogP contribution in [0.4, 0.5) is 0 Å². The third kappa shape index (κ3) is 3.57. The van der Waals surface area contributed by atoms with Crippen LogP contribution in [0.1, 0.15) is 17.5 Å². The summed E-state index contributed by atoms with van der Waals surface area (Å²) in [5, 5.41) is 6.18. The number of nitrogens with zero attached hydrogens (tertiary/aromatic N) is 2. The molecule has 5 rings (SSSR count). The highest BCUT2D eigenvalue weighted by Crippen LogP contribution is 2.52. The molecule has 6 nitrogen and oxygen atoms in total. The summed E-state index contributed by atoms with van der Waals surface area (Å²) in [7, 11) is 1.51. The van der Waals surface area contributed by atoms with Crippen molar-refractivity contribution in [3.63, 3.8) is 0 Å². The Morgan fingerprint density at radius 1 is 1.06 bits per heavy atom. The molecule has 2 aromatic rings. The van der Waals surface area contributed by atoms with Crippen LogP contribution < -0.4 is 9.47 Å². The minimum absolute atomic E-state index is 0.147. The smallest absolute Gasteiger partial charge is 0.254 e. The molecule has 1 saturated carbocycles. The lowest BCUT2D eigenvalue weighted by Crippen LogP contribution is -2.28. The molecule has 164 valence electrons. The average Bonchev–Trinajstić information content (AvgIpc) is 3.46. The maximum absolute atomic E-state index is 12.8. The lowest BCUT2D eigenvalue weighted by atomic mass is 9.85. The molecule has 3 aliphatic rings. The van der Waals surface area contributed by atoms with Gasteiger partial charge in [0.25, 0.3) is 11.8 Å². The fourth-order valence-corrected chi connectivity index (χ4v) is 5.21. The van der Waals surface area contributed by atoms with Gasteiger partial charge in [0.05, 0.1) is 30.2 Å². The fraction of sp³-hybridized carbons (Fsp3) is 0.292. The van der Waals surface area contributed by atoms with Crippen molar-refractivity contribution < 1.29 is 19.1 Å². The molecule has 2 bridgehead atoms. The van der Waals surface area contributed by atoms with Gasteiger partial charge in [-0.15, -0.1) is 0 Å². The normalized spacial score (nSPS) is 25.8. The first kappa shape index (κ1) is 21.0. The number of benzene rings is 2. The van der Waals surface area contributed by atoms with Gasteiger partial charge in [-0.05, 0) is 53.6 Å². The molecule has 1 heterocycles. The van der Waals surface area contributed by atoms with Crippen LogP contribution >= 0.6 is 23.2 Å². The summed E-state index contributed by atoms with van der Waals surface area (Å²) in [5.74, 6) is 0.0930. The van der Waals surface area contributed by atoms with Crippen LogP contribution in [0, 0.1) is 23.7 Å². The van der Waals surface area contributed by atoms with Crippen molar-refractivity contribution in [3.8, 4) is 11.5 Å². The summed E-state index contributed by atoms with van der Waals surface area (Å²) in [6.07, 6.45) is 6.44. The van der Waals surface area contributed by atoms with Crippen molar-refractivity contribution in [2.45, 2.75) is 13.0 Å². The predicted molar refractivity (Wildman–Crippen MR) is 121 cm³/mol. The molecular formula is C24H20Cl2N2O4. The Hall–Kier alpha value is -2.83. The lowest BCUT2D eigenvalue weighted by Gasteiger charge is -2.14. The van der Waals surface area contributed by atoms with Gasteiger partial charge in [0.1, 0.15) is 6.61 Å². The molecule has 2 amide bonds.